The van der Waals surface area contributed by atoms with Crippen LogP contribution in [0, 0.1) is 5.82 Å². The standard InChI is InChI=1S/C18H14FNO4S/c19-13-4-3-5-14(8-13)25(22,23)20-9-12(10-21)16-11-24-17-7-2-1-6-15(17)18(16)20/h1-9,21H,10-11H2. The molecule has 0 fully saturated rings. The zero-order valence-corrected chi connectivity index (χ0v) is 13.8. The Kier molecular flexibility index (Phi) is 3.63. The largest absolute Gasteiger partial charge is 0.488 e. The molecule has 1 N–H and O–H groups in total. The number of hydrogen-bond acceptors (Lipinski definition) is 4. The molecule has 128 valence electrons. The van der Waals surface area contributed by atoms with Gasteiger partial charge < -0.3 is 9.84 Å². The van der Waals surface area contributed by atoms with E-state index >= 15 is 0 Å². The minimum atomic E-state index is -4.02. The first-order chi connectivity index (χ1) is 12.0. The van der Waals surface area contributed by atoms with E-state index in [4.69, 9.17) is 4.74 Å². The molecule has 0 spiro atoms. The summed E-state index contributed by atoms with van der Waals surface area (Å²) in [6.07, 6.45) is 1.37. The van der Waals surface area contributed by atoms with Gasteiger partial charge in [0.2, 0.25) is 0 Å². The van der Waals surface area contributed by atoms with Crippen molar-refractivity contribution < 1.29 is 22.7 Å². The first-order valence-corrected chi connectivity index (χ1v) is 9.03. The minimum Gasteiger partial charge on any atom is -0.488 e. The van der Waals surface area contributed by atoms with Crippen molar-refractivity contribution in [1.29, 1.82) is 0 Å². The van der Waals surface area contributed by atoms with Gasteiger partial charge in [0, 0.05) is 22.9 Å². The summed E-state index contributed by atoms with van der Waals surface area (Å²) in [6, 6.07) is 11.9. The molecule has 0 radical (unpaired) electrons. The van der Waals surface area contributed by atoms with Crippen molar-refractivity contribution in [3.05, 3.63) is 71.7 Å². The van der Waals surface area contributed by atoms with Crippen LogP contribution in [0.3, 0.4) is 0 Å². The molecule has 25 heavy (non-hydrogen) atoms. The molecule has 1 aliphatic rings. The van der Waals surface area contributed by atoms with Crippen molar-refractivity contribution in [3.63, 3.8) is 0 Å². The summed E-state index contributed by atoms with van der Waals surface area (Å²) in [7, 11) is -4.02. The zero-order valence-electron chi connectivity index (χ0n) is 13.0. The van der Waals surface area contributed by atoms with Crippen LogP contribution in [-0.2, 0) is 23.2 Å². The van der Waals surface area contributed by atoms with E-state index in [1.165, 1.54) is 24.4 Å². The molecule has 0 atom stereocenters. The molecule has 3 aromatic rings. The smallest absolute Gasteiger partial charge is 0.268 e. The molecule has 0 unspecified atom stereocenters. The van der Waals surface area contributed by atoms with Crippen LogP contribution in [0.2, 0.25) is 0 Å². The Morgan fingerprint density at radius 1 is 1.16 bits per heavy atom. The Balaban J connectivity index is 2.00. The third-order valence-corrected chi connectivity index (χ3v) is 5.86. The number of aliphatic hydroxyl groups excluding tert-OH is 1. The predicted octanol–water partition coefficient (Wildman–Crippen LogP) is 2.92. The van der Waals surface area contributed by atoms with E-state index in [1.807, 2.05) is 0 Å². The average Bonchev–Trinajstić information content (AvgIpc) is 3.02. The molecule has 0 amide bonds. The molecule has 1 aromatic heterocycles. The van der Waals surface area contributed by atoms with Gasteiger partial charge in [-0.1, -0.05) is 18.2 Å². The highest BCUT2D eigenvalue weighted by molar-refractivity contribution is 7.90. The maximum absolute atomic E-state index is 13.5. The van der Waals surface area contributed by atoms with E-state index in [1.54, 1.807) is 24.3 Å². The molecule has 0 aliphatic carbocycles. The van der Waals surface area contributed by atoms with Crippen molar-refractivity contribution in [1.82, 2.24) is 3.97 Å². The second-order valence-corrected chi connectivity index (χ2v) is 7.50. The van der Waals surface area contributed by atoms with E-state index in [0.717, 1.165) is 10.0 Å². The molecule has 0 bridgehead atoms. The van der Waals surface area contributed by atoms with Crippen LogP contribution in [0.25, 0.3) is 11.3 Å². The number of fused-ring (bicyclic) bond motifs is 3. The van der Waals surface area contributed by atoms with Gasteiger partial charge in [0.05, 0.1) is 17.2 Å². The SMILES string of the molecule is O=S(=O)(c1cccc(F)c1)n1cc(CO)c2c1-c1ccccc1OC2. The Bertz CT molecular complexity index is 1070. The third-order valence-electron chi connectivity index (χ3n) is 4.20. The van der Waals surface area contributed by atoms with Gasteiger partial charge >= 0.3 is 0 Å². The number of halogens is 1. The summed E-state index contributed by atoms with van der Waals surface area (Å²) in [6.45, 7) is -0.159. The van der Waals surface area contributed by atoms with Crippen molar-refractivity contribution in [2.24, 2.45) is 0 Å². The fourth-order valence-corrected chi connectivity index (χ4v) is 4.47. The molecule has 5 nitrogen and oxygen atoms in total. The van der Waals surface area contributed by atoms with E-state index in [9.17, 15) is 17.9 Å². The minimum absolute atomic E-state index is 0.154. The van der Waals surface area contributed by atoms with Gasteiger partial charge in [-0.25, -0.2) is 16.8 Å². The van der Waals surface area contributed by atoms with Crippen LogP contribution in [-0.4, -0.2) is 17.5 Å². The van der Waals surface area contributed by atoms with E-state index in [0.29, 0.717) is 28.1 Å². The second kappa shape index (κ2) is 5.72. The molecule has 2 heterocycles. The van der Waals surface area contributed by atoms with Crippen molar-refractivity contribution >= 4 is 10.0 Å². The summed E-state index contributed by atoms with van der Waals surface area (Å²) in [5.74, 6) is -0.0681. The van der Waals surface area contributed by atoms with Crippen LogP contribution >= 0.6 is 0 Å². The Hall–Kier alpha value is -2.64. The third kappa shape index (κ3) is 2.43. The summed E-state index contributed by atoms with van der Waals surface area (Å²) < 4.78 is 46.4. The van der Waals surface area contributed by atoms with Gasteiger partial charge in [-0.2, -0.15) is 0 Å². The lowest BCUT2D eigenvalue weighted by molar-refractivity contribution is 0.269. The van der Waals surface area contributed by atoms with Crippen molar-refractivity contribution in [2.45, 2.75) is 18.1 Å². The van der Waals surface area contributed by atoms with Gasteiger partial charge in [-0.15, -0.1) is 0 Å². The molecule has 0 saturated heterocycles. The monoisotopic (exact) mass is 359 g/mol. The number of rotatable bonds is 3. The van der Waals surface area contributed by atoms with E-state index < -0.39 is 15.8 Å². The number of para-hydroxylation sites is 1. The van der Waals surface area contributed by atoms with Gasteiger partial charge in [-0.05, 0) is 30.3 Å². The van der Waals surface area contributed by atoms with Gasteiger partial charge in [-0.3, -0.25) is 0 Å². The number of benzene rings is 2. The average molecular weight is 359 g/mol. The summed E-state index contributed by atoms with van der Waals surface area (Å²) in [5, 5.41) is 9.61. The molecule has 7 heteroatoms. The molecule has 4 rings (SSSR count). The summed E-state index contributed by atoms with van der Waals surface area (Å²) in [5.41, 5.74) is 2.13. The molecule has 0 saturated carbocycles. The Morgan fingerprint density at radius 3 is 2.72 bits per heavy atom. The quantitative estimate of drug-likeness (QED) is 0.781. The van der Waals surface area contributed by atoms with E-state index in [-0.39, 0.29) is 18.1 Å². The lowest BCUT2D eigenvalue weighted by Crippen LogP contribution is -2.16. The first kappa shape index (κ1) is 15.9. The van der Waals surface area contributed by atoms with Crippen LogP contribution in [0.5, 0.6) is 5.75 Å². The highest BCUT2D eigenvalue weighted by Crippen LogP contribution is 2.41. The lowest BCUT2D eigenvalue weighted by Gasteiger charge is -2.20. The fourth-order valence-electron chi connectivity index (χ4n) is 3.02. The first-order valence-electron chi connectivity index (χ1n) is 7.59. The van der Waals surface area contributed by atoms with Gasteiger partial charge in [0.15, 0.2) is 0 Å². The van der Waals surface area contributed by atoms with Crippen molar-refractivity contribution in [3.8, 4) is 17.0 Å². The second-order valence-electron chi connectivity index (χ2n) is 5.68. The maximum atomic E-state index is 13.5. The Morgan fingerprint density at radius 2 is 1.96 bits per heavy atom. The van der Waals surface area contributed by atoms with Crippen LogP contribution in [0.1, 0.15) is 11.1 Å². The Labute approximate surface area is 144 Å². The van der Waals surface area contributed by atoms with Gasteiger partial charge in [0.25, 0.3) is 10.0 Å². The number of aliphatic hydroxyl groups is 1. The van der Waals surface area contributed by atoms with Gasteiger partial charge in [0.1, 0.15) is 18.2 Å². The van der Waals surface area contributed by atoms with E-state index in [2.05, 4.69) is 0 Å². The lowest BCUT2D eigenvalue weighted by atomic mass is 10.0. The predicted molar refractivity (Wildman–Crippen MR) is 89.1 cm³/mol. The summed E-state index contributed by atoms with van der Waals surface area (Å²) >= 11 is 0. The maximum Gasteiger partial charge on any atom is 0.268 e. The number of ether oxygens (including phenoxy) is 1. The van der Waals surface area contributed by atoms with Crippen LogP contribution < -0.4 is 4.74 Å². The zero-order chi connectivity index (χ0) is 17.6. The molecule has 2 aromatic carbocycles. The number of hydrogen-bond donors (Lipinski definition) is 1. The van der Waals surface area contributed by atoms with Crippen LogP contribution in [0.4, 0.5) is 4.39 Å². The normalized spacial score (nSPS) is 13.0. The summed E-state index contributed by atoms with van der Waals surface area (Å²) in [4.78, 5) is -0.154. The molecular formula is C18H14FNO4S. The number of nitrogens with zero attached hydrogens (tertiary/aromatic N) is 1. The highest BCUT2D eigenvalue weighted by atomic mass is 32.2. The topological polar surface area (TPSA) is 68.5 Å². The van der Waals surface area contributed by atoms with Crippen LogP contribution in [0.15, 0.2) is 59.6 Å². The van der Waals surface area contributed by atoms with Crippen molar-refractivity contribution in [2.75, 3.05) is 0 Å². The number of aromatic nitrogens is 1. The highest BCUT2D eigenvalue weighted by Gasteiger charge is 2.30. The fraction of sp³-hybridized carbons (Fsp3) is 0.111. The molecule has 1 aliphatic heterocycles. The molecular weight excluding hydrogens is 345 g/mol.